The van der Waals surface area contributed by atoms with E-state index in [1.807, 2.05) is 4.57 Å². The molecule has 4 rings (SSSR count). The van der Waals surface area contributed by atoms with Crippen LogP contribution < -0.4 is 10.2 Å². The third kappa shape index (κ3) is 2.35. The van der Waals surface area contributed by atoms with Crippen molar-refractivity contribution in [3.8, 4) is 5.69 Å². The van der Waals surface area contributed by atoms with Crippen molar-refractivity contribution in [2.24, 2.45) is 0 Å². The highest BCUT2D eigenvalue weighted by Crippen LogP contribution is 2.44. The monoisotopic (exact) mass is 342 g/mol. The standard InChI is InChI=1S/C17H22N6O2/c1-3-11-14-13(16(24)25)20-9-22(14)12-8-19-17(18-2)21-15(12)23(11)10-6-4-5-7-10/h8-11H,3-7H2,1-2H3,(H,24,25)(H,18,19,21)/t11-/m1/s1. The summed E-state index contributed by atoms with van der Waals surface area (Å²) in [5.41, 5.74) is 1.65. The molecule has 132 valence electrons. The quantitative estimate of drug-likeness (QED) is 0.881. The molecule has 0 spiro atoms. The number of aromatic carboxylic acids is 1. The highest BCUT2D eigenvalue weighted by Gasteiger charge is 2.40. The molecule has 0 unspecified atom stereocenters. The van der Waals surface area contributed by atoms with Crippen molar-refractivity contribution in [1.82, 2.24) is 19.5 Å². The van der Waals surface area contributed by atoms with Crippen LogP contribution in [-0.2, 0) is 0 Å². The highest BCUT2D eigenvalue weighted by atomic mass is 16.4. The Labute approximate surface area is 145 Å². The second-order valence-electron chi connectivity index (χ2n) is 6.58. The molecule has 2 aromatic rings. The number of carbonyl (C=O) groups is 1. The van der Waals surface area contributed by atoms with Crippen LogP contribution in [0.5, 0.6) is 0 Å². The van der Waals surface area contributed by atoms with E-state index in [0.717, 1.165) is 36.5 Å². The fourth-order valence-corrected chi connectivity index (χ4v) is 4.16. The molecule has 1 atom stereocenters. The SMILES string of the molecule is CC[C@@H]1c2c(C(=O)O)ncn2-c2cnc(NC)nc2N1C1CCCC1. The maximum absolute atomic E-state index is 11.7. The Morgan fingerprint density at radius 2 is 2.12 bits per heavy atom. The van der Waals surface area contributed by atoms with Gasteiger partial charge in [-0.1, -0.05) is 19.8 Å². The van der Waals surface area contributed by atoms with E-state index >= 15 is 0 Å². The molecule has 25 heavy (non-hydrogen) atoms. The number of imidazole rings is 1. The van der Waals surface area contributed by atoms with E-state index in [9.17, 15) is 9.90 Å². The van der Waals surface area contributed by atoms with E-state index in [4.69, 9.17) is 4.98 Å². The predicted molar refractivity (Wildman–Crippen MR) is 93.4 cm³/mol. The first kappa shape index (κ1) is 15.9. The summed E-state index contributed by atoms with van der Waals surface area (Å²) < 4.78 is 1.85. The molecule has 2 aliphatic rings. The van der Waals surface area contributed by atoms with E-state index in [1.54, 1.807) is 19.6 Å². The lowest BCUT2D eigenvalue weighted by molar-refractivity contribution is 0.0688. The fourth-order valence-electron chi connectivity index (χ4n) is 4.16. The minimum atomic E-state index is -0.991. The Hall–Kier alpha value is -2.64. The molecule has 0 saturated heterocycles. The van der Waals surface area contributed by atoms with Gasteiger partial charge >= 0.3 is 5.97 Å². The molecule has 3 heterocycles. The molecular formula is C17H22N6O2. The van der Waals surface area contributed by atoms with Gasteiger partial charge in [-0.05, 0) is 19.3 Å². The summed E-state index contributed by atoms with van der Waals surface area (Å²) in [5, 5.41) is 12.6. The van der Waals surface area contributed by atoms with Crippen molar-refractivity contribution in [2.45, 2.75) is 51.1 Å². The minimum Gasteiger partial charge on any atom is -0.476 e. The first-order chi connectivity index (χ1) is 12.2. The van der Waals surface area contributed by atoms with Gasteiger partial charge in [-0.25, -0.2) is 14.8 Å². The van der Waals surface area contributed by atoms with Gasteiger partial charge in [0.1, 0.15) is 12.0 Å². The van der Waals surface area contributed by atoms with Gasteiger partial charge in [-0.3, -0.25) is 4.57 Å². The van der Waals surface area contributed by atoms with Crippen LogP contribution >= 0.6 is 0 Å². The van der Waals surface area contributed by atoms with Crippen LogP contribution in [0.15, 0.2) is 12.5 Å². The summed E-state index contributed by atoms with van der Waals surface area (Å²) in [5.74, 6) is 0.438. The second kappa shape index (κ2) is 6.02. The summed E-state index contributed by atoms with van der Waals surface area (Å²) in [7, 11) is 1.80. The summed E-state index contributed by atoms with van der Waals surface area (Å²) >= 11 is 0. The largest absolute Gasteiger partial charge is 0.476 e. The minimum absolute atomic E-state index is 0.0520. The smallest absolute Gasteiger partial charge is 0.356 e. The van der Waals surface area contributed by atoms with Crippen LogP contribution in [0.2, 0.25) is 0 Å². The normalized spacial score (nSPS) is 19.6. The van der Waals surface area contributed by atoms with Crippen molar-refractivity contribution in [3.05, 3.63) is 23.9 Å². The first-order valence-corrected chi connectivity index (χ1v) is 8.79. The van der Waals surface area contributed by atoms with Gasteiger partial charge in [0.15, 0.2) is 11.5 Å². The van der Waals surface area contributed by atoms with Crippen molar-refractivity contribution < 1.29 is 9.90 Å². The van der Waals surface area contributed by atoms with Crippen molar-refractivity contribution >= 4 is 17.7 Å². The Morgan fingerprint density at radius 1 is 1.36 bits per heavy atom. The number of nitrogens with zero attached hydrogens (tertiary/aromatic N) is 5. The number of carboxylic acids is 1. The molecule has 0 radical (unpaired) electrons. The van der Waals surface area contributed by atoms with Gasteiger partial charge in [0.05, 0.1) is 17.9 Å². The van der Waals surface area contributed by atoms with E-state index in [0.29, 0.717) is 12.0 Å². The average Bonchev–Trinajstić information content (AvgIpc) is 3.29. The molecule has 1 fully saturated rings. The molecule has 1 saturated carbocycles. The Bertz CT molecular complexity index is 811. The maximum Gasteiger partial charge on any atom is 0.356 e. The molecule has 2 N–H and O–H groups in total. The summed E-state index contributed by atoms with van der Waals surface area (Å²) in [4.78, 5) is 27.2. The molecule has 0 bridgehead atoms. The van der Waals surface area contributed by atoms with E-state index < -0.39 is 5.97 Å². The number of fused-ring (bicyclic) bond motifs is 3. The summed E-state index contributed by atoms with van der Waals surface area (Å²) in [6.45, 7) is 2.08. The number of nitrogens with one attached hydrogen (secondary N) is 1. The highest BCUT2D eigenvalue weighted by molar-refractivity contribution is 5.88. The fraction of sp³-hybridized carbons (Fsp3) is 0.529. The third-order valence-electron chi connectivity index (χ3n) is 5.24. The molecular weight excluding hydrogens is 320 g/mol. The van der Waals surface area contributed by atoms with E-state index in [1.165, 1.54) is 12.8 Å². The lowest BCUT2D eigenvalue weighted by Crippen LogP contribution is -2.42. The van der Waals surface area contributed by atoms with Crippen molar-refractivity contribution in [2.75, 3.05) is 17.3 Å². The summed E-state index contributed by atoms with van der Waals surface area (Å²) in [6, 6.07) is 0.317. The number of hydrogen-bond acceptors (Lipinski definition) is 6. The van der Waals surface area contributed by atoms with Crippen LogP contribution in [0.4, 0.5) is 11.8 Å². The summed E-state index contributed by atoms with van der Waals surface area (Å²) in [6.07, 6.45) is 8.72. The van der Waals surface area contributed by atoms with Crippen LogP contribution in [0.3, 0.4) is 0 Å². The predicted octanol–water partition coefficient (Wildman–Crippen LogP) is 2.62. The molecule has 1 aliphatic heterocycles. The number of rotatable bonds is 4. The molecule has 0 aromatic carbocycles. The zero-order chi connectivity index (χ0) is 17.6. The molecule has 8 nitrogen and oxygen atoms in total. The topological polar surface area (TPSA) is 96.2 Å². The number of aromatic nitrogens is 4. The van der Waals surface area contributed by atoms with Crippen molar-refractivity contribution in [1.29, 1.82) is 0 Å². The molecule has 8 heteroatoms. The lowest BCUT2D eigenvalue weighted by Gasteiger charge is -2.42. The van der Waals surface area contributed by atoms with E-state index in [2.05, 4.69) is 27.1 Å². The number of anilines is 2. The Balaban J connectivity index is 1.95. The lowest BCUT2D eigenvalue weighted by atomic mass is 10.0. The first-order valence-electron chi connectivity index (χ1n) is 8.79. The average molecular weight is 342 g/mol. The molecule has 0 amide bonds. The number of carboxylic acid groups (broad SMARTS) is 1. The van der Waals surface area contributed by atoms with Crippen LogP contribution in [-0.4, -0.2) is 43.7 Å². The van der Waals surface area contributed by atoms with Gasteiger partial charge in [-0.15, -0.1) is 0 Å². The van der Waals surface area contributed by atoms with Gasteiger partial charge in [0.2, 0.25) is 5.95 Å². The van der Waals surface area contributed by atoms with Gasteiger partial charge < -0.3 is 15.3 Å². The van der Waals surface area contributed by atoms with Crippen LogP contribution in [0.25, 0.3) is 5.69 Å². The van der Waals surface area contributed by atoms with E-state index in [-0.39, 0.29) is 11.7 Å². The number of hydrogen-bond donors (Lipinski definition) is 2. The third-order valence-corrected chi connectivity index (χ3v) is 5.24. The maximum atomic E-state index is 11.7. The van der Waals surface area contributed by atoms with Gasteiger partial charge in [0.25, 0.3) is 0 Å². The van der Waals surface area contributed by atoms with Crippen LogP contribution in [0.1, 0.15) is 61.3 Å². The second-order valence-corrected chi connectivity index (χ2v) is 6.58. The Kier molecular flexibility index (Phi) is 3.82. The molecule has 2 aromatic heterocycles. The van der Waals surface area contributed by atoms with Crippen LogP contribution in [0, 0.1) is 0 Å². The zero-order valence-corrected chi connectivity index (χ0v) is 14.4. The van der Waals surface area contributed by atoms with Gasteiger partial charge in [0, 0.05) is 13.1 Å². The van der Waals surface area contributed by atoms with Gasteiger partial charge in [-0.2, -0.15) is 4.98 Å². The Morgan fingerprint density at radius 3 is 2.76 bits per heavy atom. The molecule has 1 aliphatic carbocycles. The zero-order valence-electron chi connectivity index (χ0n) is 14.4. The van der Waals surface area contributed by atoms with Crippen molar-refractivity contribution in [3.63, 3.8) is 0 Å².